The van der Waals surface area contributed by atoms with Gasteiger partial charge in [-0.2, -0.15) is 0 Å². The topological polar surface area (TPSA) is 40.1 Å². The molecule has 2 aliphatic carbocycles. The first kappa shape index (κ1) is 11.9. The fraction of sp³-hybridized carbons (Fsp3) is 0.909. The van der Waals surface area contributed by atoms with Crippen LogP contribution in [0.2, 0.25) is 0 Å². The van der Waals surface area contributed by atoms with Gasteiger partial charge in [-0.25, -0.2) is 0 Å². The van der Waals surface area contributed by atoms with Crippen LogP contribution in [-0.4, -0.2) is 15.6 Å². The van der Waals surface area contributed by atoms with Gasteiger partial charge in [0, 0.05) is 16.7 Å². The van der Waals surface area contributed by atoms with Crippen LogP contribution in [0.3, 0.4) is 0 Å². The Hall–Kier alpha value is 0.430. The van der Waals surface area contributed by atoms with Crippen LogP contribution in [0.25, 0.3) is 0 Å². The molecule has 2 nitrogen and oxygen atoms in total. The molecule has 0 aliphatic heterocycles. The van der Waals surface area contributed by atoms with Gasteiger partial charge in [-0.05, 0) is 30.6 Å². The predicted molar refractivity (Wildman–Crippen MR) is 64.0 cm³/mol. The van der Waals surface area contributed by atoms with Gasteiger partial charge in [-0.3, -0.25) is 0 Å². The van der Waals surface area contributed by atoms with E-state index >= 15 is 0 Å². The van der Waals surface area contributed by atoms with Crippen molar-refractivity contribution < 1.29 is 9.90 Å². The number of carboxylic acids is 1. The number of carbonyl (C=O) groups is 1. The molecule has 15 heavy (non-hydrogen) atoms. The molecule has 0 N–H and O–H groups in total. The second-order valence-corrected chi connectivity index (χ2v) is 7.38. The van der Waals surface area contributed by atoms with Crippen LogP contribution >= 0.6 is 31.9 Å². The summed E-state index contributed by atoms with van der Waals surface area (Å²) in [5.41, 5.74) is -0.667. The van der Waals surface area contributed by atoms with Crippen LogP contribution < -0.4 is 5.11 Å². The van der Waals surface area contributed by atoms with E-state index in [9.17, 15) is 9.90 Å². The fourth-order valence-corrected chi connectivity index (χ4v) is 5.71. The summed E-state index contributed by atoms with van der Waals surface area (Å²) >= 11 is 7.19. The van der Waals surface area contributed by atoms with Crippen molar-refractivity contribution in [3.05, 3.63) is 0 Å². The van der Waals surface area contributed by atoms with E-state index in [-0.39, 0.29) is 9.74 Å². The highest BCUT2D eigenvalue weighted by Gasteiger charge is 2.69. The lowest BCUT2D eigenvalue weighted by molar-refractivity contribution is -0.320. The molecule has 2 rings (SSSR count). The molecule has 0 unspecified atom stereocenters. The molecule has 4 heteroatoms. The molecule has 3 atom stereocenters. The van der Waals surface area contributed by atoms with Gasteiger partial charge in [0.1, 0.15) is 0 Å². The first-order chi connectivity index (χ1) is 6.82. The summed E-state index contributed by atoms with van der Waals surface area (Å²) in [5.74, 6) is -0.390. The fourth-order valence-electron chi connectivity index (χ4n) is 3.61. The van der Waals surface area contributed by atoms with Crippen molar-refractivity contribution in [3.63, 3.8) is 0 Å². The molecule has 2 aliphatic rings. The van der Waals surface area contributed by atoms with Gasteiger partial charge in [0.25, 0.3) is 0 Å². The lowest BCUT2D eigenvalue weighted by Crippen LogP contribution is -2.58. The summed E-state index contributed by atoms with van der Waals surface area (Å²) in [5, 5.41) is 12.1. The van der Waals surface area contributed by atoms with E-state index in [4.69, 9.17) is 0 Å². The largest absolute Gasteiger partial charge is 0.550 e. The van der Waals surface area contributed by atoms with Crippen LogP contribution in [0.5, 0.6) is 0 Å². The molecule has 0 spiro atoms. The van der Waals surface area contributed by atoms with Crippen molar-refractivity contribution >= 4 is 37.8 Å². The molecule has 0 aromatic carbocycles. The Morgan fingerprint density at radius 2 is 2.13 bits per heavy atom. The van der Waals surface area contributed by atoms with Gasteiger partial charge in [0.15, 0.2) is 0 Å². The molecular weight excluding hydrogens is 324 g/mol. The third-order valence-corrected chi connectivity index (χ3v) is 8.54. The molecule has 0 saturated heterocycles. The third-order valence-electron chi connectivity index (χ3n) is 4.89. The van der Waals surface area contributed by atoms with E-state index in [1.54, 1.807) is 0 Å². The Bertz CT molecular complexity index is 316. The molecule has 2 bridgehead atoms. The summed E-state index contributed by atoms with van der Waals surface area (Å²) in [7, 11) is 0. The quantitative estimate of drug-likeness (QED) is 0.723. The van der Waals surface area contributed by atoms with Crippen LogP contribution in [0.4, 0.5) is 0 Å². The summed E-state index contributed by atoms with van der Waals surface area (Å²) < 4.78 is -0.366. The Balaban J connectivity index is 2.54. The average molecular weight is 339 g/mol. The van der Waals surface area contributed by atoms with Gasteiger partial charge in [-0.1, -0.05) is 45.7 Å². The Morgan fingerprint density at radius 1 is 1.53 bits per heavy atom. The molecule has 0 amide bonds. The number of carbonyl (C=O) groups excluding carboxylic acids is 1. The highest BCUT2D eigenvalue weighted by atomic mass is 79.9. The molecule has 0 aromatic rings. The number of fused-ring (bicyclic) bond motifs is 2. The zero-order valence-electron chi connectivity index (χ0n) is 8.98. The zero-order chi connectivity index (χ0) is 11.5. The first-order valence-electron chi connectivity index (χ1n) is 5.28. The van der Waals surface area contributed by atoms with Gasteiger partial charge < -0.3 is 9.90 Å². The van der Waals surface area contributed by atoms with Crippen molar-refractivity contribution in [2.45, 2.75) is 37.4 Å². The Labute approximate surface area is 107 Å². The summed E-state index contributed by atoms with van der Waals surface area (Å²) in [6.45, 7) is 4.33. The number of halogens is 2. The van der Waals surface area contributed by atoms with E-state index in [0.29, 0.717) is 11.2 Å². The van der Waals surface area contributed by atoms with Gasteiger partial charge >= 0.3 is 0 Å². The van der Waals surface area contributed by atoms with Gasteiger partial charge in [-0.15, -0.1) is 0 Å². The van der Waals surface area contributed by atoms with Gasteiger partial charge in [0.05, 0.1) is 4.32 Å². The molecule has 0 heterocycles. The number of aliphatic carboxylic acids is 1. The lowest BCUT2D eigenvalue weighted by atomic mass is 9.64. The van der Waals surface area contributed by atoms with Crippen molar-refractivity contribution in [1.29, 1.82) is 0 Å². The first-order valence-corrected chi connectivity index (χ1v) is 7.19. The van der Waals surface area contributed by atoms with Gasteiger partial charge in [0.2, 0.25) is 0 Å². The standard InChI is InChI=1S/C11H16Br2O2/c1-9(2)7-3-4-10(5-7,8(14)15)11(9,13)6-12/h7H,3-6H2,1-2H3,(H,14,15)/p-1/t7-,10+,11-/m0/s1. The Kier molecular flexibility index (Phi) is 2.56. The Morgan fingerprint density at radius 3 is 2.53 bits per heavy atom. The van der Waals surface area contributed by atoms with E-state index < -0.39 is 11.4 Å². The van der Waals surface area contributed by atoms with Crippen molar-refractivity contribution in [2.24, 2.45) is 16.7 Å². The highest BCUT2D eigenvalue weighted by Crippen LogP contribution is 2.71. The van der Waals surface area contributed by atoms with Crippen LogP contribution in [0.1, 0.15) is 33.1 Å². The van der Waals surface area contributed by atoms with Crippen LogP contribution in [0, 0.1) is 16.7 Å². The van der Waals surface area contributed by atoms with Crippen molar-refractivity contribution in [1.82, 2.24) is 0 Å². The normalized spacial score (nSPS) is 47.1. The van der Waals surface area contributed by atoms with E-state index in [2.05, 4.69) is 45.7 Å². The highest BCUT2D eigenvalue weighted by molar-refractivity contribution is 9.12. The lowest BCUT2D eigenvalue weighted by Gasteiger charge is -2.51. The summed E-state index contributed by atoms with van der Waals surface area (Å²) in [6.07, 6.45) is 2.53. The smallest absolute Gasteiger partial charge is 0.0516 e. The SMILES string of the molecule is CC1(C)[C@H]2CC[C@](C(=O)[O-])(C2)[C@]1(Br)CBr. The minimum Gasteiger partial charge on any atom is -0.550 e. The molecule has 2 fully saturated rings. The summed E-state index contributed by atoms with van der Waals surface area (Å²) in [4.78, 5) is 11.5. The van der Waals surface area contributed by atoms with Crippen LogP contribution in [0.15, 0.2) is 0 Å². The molecular formula is C11H15Br2O2-. The van der Waals surface area contributed by atoms with E-state index in [1.807, 2.05) is 0 Å². The number of hydrogen-bond acceptors (Lipinski definition) is 2. The maximum Gasteiger partial charge on any atom is 0.0516 e. The second kappa shape index (κ2) is 3.22. The summed E-state index contributed by atoms with van der Waals surface area (Å²) in [6, 6.07) is 0. The van der Waals surface area contributed by atoms with Crippen molar-refractivity contribution in [2.75, 3.05) is 5.33 Å². The zero-order valence-corrected chi connectivity index (χ0v) is 12.2. The second-order valence-electron chi connectivity index (χ2n) is 5.47. The predicted octanol–water partition coefficient (Wildman–Crippen LogP) is 2.09. The average Bonchev–Trinajstić information content (AvgIpc) is 2.67. The number of carboxylic acid groups (broad SMARTS) is 1. The van der Waals surface area contributed by atoms with Crippen molar-refractivity contribution in [3.8, 4) is 0 Å². The monoisotopic (exact) mass is 337 g/mol. The number of hydrogen-bond donors (Lipinski definition) is 0. The molecule has 0 radical (unpaired) electrons. The maximum atomic E-state index is 11.5. The minimum absolute atomic E-state index is 0.00875. The van der Waals surface area contributed by atoms with E-state index in [0.717, 1.165) is 19.3 Å². The molecule has 86 valence electrons. The number of alkyl halides is 2. The maximum absolute atomic E-state index is 11.5. The number of rotatable bonds is 2. The van der Waals surface area contributed by atoms with E-state index in [1.165, 1.54) is 0 Å². The molecule has 0 aromatic heterocycles. The van der Waals surface area contributed by atoms with Crippen LogP contribution in [-0.2, 0) is 4.79 Å². The molecule has 2 saturated carbocycles. The minimum atomic E-state index is -0.883. The third kappa shape index (κ3) is 1.13.